The molecular weight excluding hydrogens is 320 g/mol. The third-order valence-electron chi connectivity index (χ3n) is 4.44. The minimum atomic E-state index is -0.298. The van der Waals surface area contributed by atoms with Crippen molar-refractivity contribution in [2.24, 2.45) is 0 Å². The van der Waals surface area contributed by atoms with Crippen molar-refractivity contribution < 1.29 is 9.53 Å². The van der Waals surface area contributed by atoms with Gasteiger partial charge in [-0.2, -0.15) is 0 Å². The van der Waals surface area contributed by atoms with Crippen LogP contribution in [0.1, 0.15) is 22.5 Å². The minimum absolute atomic E-state index is 0.159. The Hall–Kier alpha value is -2.83. The average Bonchev–Trinajstić information content (AvgIpc) is 2.87. The number of amides is 1. The van der Waals surface area contributed by atoms with Crippen LogP contribution in [0.2, 0.25) is 0 Å². The summed E-state index contributed by atoms with van der Waals surface area (Å²) in [7, 11) is 1.43. The molecule has 7 nitrogen and oxygen atoms in total. The van der Waals surface area contributed by atoms with E-state index in [9.17, 15) is 9.59 Å². The van der Waals surface area contributed by atoms with Gasteiger partial charge in [-0.15, -0.1) is 0 Å². The maximum Gasteiger partial charge on any atom is 0.270 e. The van der Waals surface area contributed by atoms with Gasteiger partial charge in [0.2, 0.25) is 5.43 Å². The van der Waals surface area contributed by atoms with Crippen LogP contribution in [-0.2, 0) is 0 Å². The Kier molecular flexibility index (Phi) is 5.02. The smallest absolute Gasteiger partial charge is 0.270 e. The van der Waals surface area contributed by atoms with E-state index < -0.39 is 0 Å². The first-order chi connectivity index (χ1) is 12.1. The number of methoxy groups -OCH3 is 1. The second-order valence-electron chi connectivity index (χ2n) is 6.07. The molecule has 1 aliphatic rings. The molecule has 2 aromatic heterocycles. The Morgan fingerprint density at radius 1 is 1.28 bits per heavy atom. The summed E-state index contributed by atoms with van der Waals surface area (Å²) in [4.78, 5) is 35.6. The Bertz CT molecular complexity index is 818. The van der Waals surface area contributed by atoms with Crippen molar-refractivity contribution in [3.8, 4) is 5.75 Å². The van der Waals surface area contributed by atoms with E-state index in [1.54, 1.807) is 11.1 Å². The number of anilines is 1. The molecule has 1 aliphatic heterocycles. The molecular formula is C18H22N4O3. The minimum Gasteiger partial charge on any atom is -0.491 e. The highest BCUT2D eigenvalue weighted by atomic mass is 16.5. The van der Waals surface area contributed by atoms with Crippen molar-refractivity contribution in [2.75, 3.05) is 38.2 Å². The molecule has 2 aromatic rings. The Balaban J connectivity index is 1.72. The lowest BCUT2D eigenvalue weighted by molar-refractivity contribution is 0.0761. The van der Waals surface area contributed by atoms with Gasteiger partial charge in [-0.3, -0.25) is 14.6 Å². The third kappa shape index (κ3) is 3.65. The molecule has 1 N–H and O–H groups in total. The number of hydrogen-bond acceptors (Lipinski definition) is 5. The third-order valence-corrected chi connectivity index (χ3v) is 4.44. The predicted molar refractivity (Wildman–Crippen MR) is 95.3 cm³/mol. The maximum atomic E-state index is 12.7. The zero-order valence-corrected chi connectivity index (χ0v) is 14.5. The Morgan fingerprint density at radius 2 is 2.12 bits per heavy atom. The number of aromatic nitrogens is 2. The quantitative estimate of drug-likeness (QED) is 0.913. The Labute approximate surface area is 146 Å². The van der Waals surface area contributed by atoms with Gasteiger partial charge in [0.05, 0.1) is 7.11 Å². The summed E-state index contributed by atoms with van der Waals surface area (Å²) in [6.07, 6.45) is 5.94. The molecule has 0 aliphatic carbocycles. The lowest BCUT2D eigenvalue weighted by atomic mass is 10.2. The van der Waals surface area contributed by atoms with E-state index in [1.165, 1.54) is 19.4 Å². The van der Waals surface area contributed by atoms with Gasteiger partial charge in [-0.05, 0) is 25.0 Å². The zero-order chi connectivity index (χ0) is 17.8. The molecule has 25 heavy (non-hydrogen) atoms. The fourth-order valence-corrected chi connectivity index (χ4v) is 3.09. The number of carbonyl (C=O) groups excluding carboxylic acids is 1. The van der Waals surface area contributed by atoms with Crippen LogP contribution in [0.4, 0.5) is 5.69 Å². The molecule has 1 saturated heterocycles. The largest absolute Gasteiger partial charge is 0.491 e. The first-order valence-corrected chi connectivity index (χ1v) is 8.31. The van der Waals surface area contributed by atoms with Gasteiger partial charge in [0.25, 0.3) is 5.91 Å². The molecule has 1 fully saturated rings. The molecule has 0 bridgehead atoms. The van der Waals surface area contributed by atoms with Gasteiger partial charge in [0, 0.05) is 56.5 Å². The number of nitrogens with one attached hydrogen (secondary N) is 1. The number of H-pyrrole nitrogens is 1. The highest BCUT2D eigenvalue weighted by Gasteiger charge is 2.22. The van der Waals surface area contributed by atoms with Crippen LogP contribution in [0.3, 0.4) is 0 Å². The molecule has 3 heterocycles. The highest BCUT2D eigenvalue weighted by Crippen LogP contribution is 2.20. The van der Waals surface area contributed by atoms with Gasteiger partial charge < -0.3 is 19.5 Å². The molecule has 0 aromatic carbocycles. The lowest BCUT2D eigenvalue weighted by Crippen LogP contribution is -2.36. The number of rotatable bonds is 3. The predicted octanol–water partition coefficient (Wildman–Crippen LogP) is 1.44. The van der Waals surface area contributed by atoms with E-state index >= 15 is 0 Å². The SMILES string of the molecule is COc1c[nH]c(C(=O)N2CCCN(c3ccncc3C)CC2)cc1=O. The average molecular weight is 342 g/mol. The molecule has 3 rings (SSSR count). The summed E-state index contributed by atoms with van der Waals surface area (Å²) in [5, 5.41) is 0. The number of aromatic amines is 1. The molecule has 0 unspecified atom stereocenters. The number of pyridine rings is 2. The molecule has 0 saturated carbocycles. The molecule has 0 atom stereocenters. The van der Waals surface area contributed by atoms with Gasteiger partial charge in [-0.1, -0.05) is 0 Å². The number of carbonyl (C=O) groups is 1. The molecule has 0 spiro atoms. The molecule has 132 valence electrons. The fourth-order valence-electron chi connectivity index (χ4n) is 3.09. The van der Waals surface area contributed by atoms with E-state index in [0.29, 0.717) is 18.8 Å². The van der Waals surface area contributed by atoms with Crippen molar-refractivity contribution in [2.45, 2.75) is 13.3 Å². The van der Waals surface area contributed by atoms with Crippen molar-refractivity contribution in [1.82, 2.24) is 14.9 Å². The first kappa shape index (κ1) is 17.0. The maximum absolute atomic E-state index is 12.7. The van der Waals surface area contributed by atoms with Crippen LogP contribution in [0.5, 0.6) is 5.75 Å². The lowest BCUT2D eigenvalue weighted by Gasteiger charge is -2.25. The van der Waals surface area contributed by atoms with Gasteiger partial charge in [0.1, 0.15) is 5.69 Å². The highest BCUT2D eigenvalue weighted by molar-refractivity contribution is 5.92. The van der Waals surface area contributed by atoms with Crippen LogP contribution < -0.4 is 15.1 Å². The van der Waals surface area contributed by atoms with Crippen LogP contribution >= 0.6 is 0 Å². The van der Waals surface area contributed by atoms with Crippen LogP contribution in [0.15, 0.2) is 35.5 Å². The summed E-state index contributed by atoms with van der Waals surface area (Å²) in [5.41, 5.74) is 2.27. The monoisotopic (exact) mass is 342 g/mol. The zero-order valence-electron chi connectivity index (χ0n) is 14.5. The number of ether oxygens (including phenoxy) is 1. The summed E-state index contributed by atoms with van der Waals surface area (Å²) >= 11 is 0. The van der Waals surface area contributed by atoms with Gasteiger partial charge in [0.15, 0.2) is 5.75 Å². The summed E-state index contributed by atoms with van der Waals surface area (Å²) in [6, 6.07) is 3.31. The Morgan fingerprint density at radius 3 is 2.84 bits per heavy atom. The second-order valence-corrected chi connectivity index (χ2v) is 6.07. The summed E-state index contributed by atoms with van der Waals surface area (Å²) in [6.45, 7) is 4.94. The van der Waals surface area contributed by atoms with Crippen molar-refractivity contribution in [3.63, 3.8) is 0 Å². The number of hydrogen-bond donors (Lipinski definition) is 1. The van der Waals surface area contributed by atoms with E-state index in [4.69, 9.17) is 4.74 Å². The molecule has 0 radical (unpaired) electrons. The van der Waals surface area contributed by atoms with Crippen LogP contribution in [0, 0.1) is 6.92 Å². The fraction of sp³-hybridized carbons (Fsp3) is 0.389. The standard InChI is InChI=1S/C18H22N4O3/c1-13-11-19-5-4-15(13)21-6-3-7-22(9-8-21)18(24)14-10-16(23)17(25-2)12-20-14/h4-5,10-12H,3,6-9H2,1-2H3,(H,20,23). The molecule has 7 heteroatoms. The van der Waals surface area contributed by atoms with E-state index in [-0.39, 0.29) is 17.1 Å². The van der Waals surface area contributed by atoms with Gasteiger partial charge in [-0.25, -0.2) is 0 Å². The van der Waals surface area contributed by atoms with Crippen molar-refractivity contribution in [1.29, 1.82) is 0 Å². The number of aryl methyl sites for hydroxylation is 1. The first-order valence-electron chi connectivity index (χ1n) is 8.31. The van der Waals surface area contributed by atoms with E-state index in [2.05, 4.69) is 14.9 Å². The van der Waals surface area contributed by atoms with Crippen LogP contribution in [0.25, 0.3) is 0 Å². The van der Waals surface area contributed by atoms with Crippen molar-refractivity contribution in [3.05, 3.63) is 52.2 Å². The van der Waals surface area contributed by atoms with E-state index in [0.717, 1.165) is 30.8 Å². The van der Waals surface area contributed by atoms with Crippen molar-refractivity contribution >= 4 is 11.6 Å². The summed E-state index contributed by atoms with van der Waals surface area (Å²) in [5.74, 6) is 0.0415. The summed E-state index contributed by atoms with van der Waals surface area (Å²) < 4.78 is 4.94. The second kappa shape index (κ2) is 7.38. The normalized spacial score (nSPS) is 15.0. The topological polar surface area (TPSA) is 78.5 Å². The van der Waals surface area contributed by atoms with E-state index in [1.807, 2.05) is 19.2 Å². The number of nitrogens with zero attached hydrogens (tertiary/aromatic N) is 3. The molecule has 1 amide bonds. The van der Waals surface area contributed by atoms with Crippen LogP contribution in [-0.4, -0.2) is 54.1 Å². The van der Waals surface area contributed by atoms with Gasteiger partial charge >= 0.3 is 0 Å².